The van der Waals surface area contributed by atoms with Gasteiger partial charge in [0.1, 0.15) is 0 Å². The quantitative estimate of drug-likeness (QED) is 0.519. The average Bonchev–Trinajstić information content (AvgIpc) is 2.08. The Hall–Kier alpha value is -1.10. The maximum Gasteiger partial charge on any atom is 0.246 e. The molecule has 0 bridgehead atoms. The monoisotopic (exact) mass is 171 g/mol. The summed E-state index contributed by atoms with van der Waals surface area (Å²) in [5, 5.41) is 5.12. The summed E-state index contributed by atoms with van der Waals surface area (Å²) in [6.45, 7) is 3.69. The lowest BCUT2D eigenvalue weighted by atomic mass is 9.94. The second-order valence-electron chi connectivity index (χ2n) is 3.00. The lowest BCUT2D eigenvalue weighted by Gasteiger charge is -2.27. The number of hydrogen-bond donors (Lipinski definition) is 1. The van der Waals surface area contributed by atoms with Gasteiger partial charge in [-0.1, -0.05) is 13.8 Å². The summed E-state index contributed by atoms with van der Waals surface area (Å²) in [5.74, 6) is 5.23. The van der Waals surface area contributed by atoms with Crippen LogP contribution in [0, 0.1) is 11.8 Å². The van der Waals surface area contributed by atoms with E-state index in [-0.39, 0.29) is 17.7 Å². The molecule has 0 saturated carbocycles. The van der Waals surface area contributed by atoms with Gasteiger partial charge in [0, 0.05) is 18.9 Å². The van der Waals surface area contributed by atoms with E-state index in [0.29, 0.717) is 5.90 Å². The molecule has 0 spiro atoms. The first-order chi connectivity index (χ1) is 5.57. The molecule has 0 aromatic rings. The van der Waals surface area contributed by atoms with Gasteiger partial charge in [-0.2, -0.15) is 5.90 Å². The Bertz CT molecular complexity index is 227. The normalized spacial score (nSPS) is 30.2. The molecule has 68 valence electrons. The highest BCUT2D eigenvalue weighted by molar-refractivity contribution is 5.91. The minimum atomic E-state index is -0.119. The van der Waals surface area contributed by atoms with E-state index in [0.717, 1.165) is 0 Å². The van der Waals surface area contributed by atoms with E-state index < -0.39 is 0 Å². The van der Waals surface area contributed by atoms with Crippen molar-refractivity contribution in [1.82, 2.24) is 5.01 Å². The largest absolute Gasteiger partial charge is 0.394 e. The Morgan fingerprint density at radius 3 is 2.58 bits per heavy atom. The van der Waals surface area contributed by atoms with Crippen LogP contribution in [0.2, 0.25) is 0 Å². The lowest BCUT2D eigenvalue weighted by Crippen LogP contribution is -2.41. The van der Waals surface area contributed by atoms with Crippen LogP contribution < -0.4 is 5.90 Å². The van der Waals surface area contributed by atoms with E-state index in [4.69, 9.17) is 5.90 Å². The number of hydrogen-bond acceptors (Lipinski definition) is 4. The van der Waals surface area contributed by atoms with Gasteiger partial charge < -0.3 is 4.84 Å². The van der Waals surface area contributed by atoms with Gasteiger partial charge in [-0.25, -0.2) is 5.01 Å². The van der Waals surface area contributed by atoms with Crippen LogP contribution in [0.25, 0.3) is 0 Å². The molecule has 2 N–H and O–H groups in total. The number of amides is 1. The van der Waals surface area contributed by atoms with Gasteiger partial charge in [0.2, 0.25) is 11.8 Å². The summed E-state index contributed by atoms with van der Waals surface area (Å²) in [6, 6.07) is 0. The van der Waals surface area contributed by atoms with E-state index in [1.165, 1.54) is 5.01 Å². The molecule has 0 radical (unpaired) electrons. The second kappa shape index (κ2) is 3.10. The van der Waals surface area contributed by atoms with Crippen molar-refractivity contribution in [2.24, 2.45) is 22.8 Å². The summed E-state index contributed by atoms with van der Waals surface area (Å²) in [5.41, 5.74) is 0. The second-order valence-corrected chi connectivity index (χ2v) is 3.00. The first-order valence-electron chi connectivity index (χ1n) is 3.80. The average molecular weight is 171 g/mol. The van der Waals surface area contributed by atoms with Crippen LogP contribution >= 0.6 is 0 Å². The zero-order valence-corrected chi connectivity index (χ0v) is 7.44. The number of carbonyl (C=O) groups excluding carboxylic acids is 1. The van der Waals surface area contributed by atoms with Crippen molar-refractivity contribution >= 4 is 11.8 Å². The Kier molecular flexibility index (Phi) is 2.32. The molecule has 5 nitrogen and oxygen atoms in total. The molecule has 2 unspecified atom stereocenters. The van der Waals surface area contributed by atoms with Crippen molar-refractivity contribution in [2.45, 2.75) is 13.8 Å². The molecule has 1 aliphatic rings. The fourth-order valence-electron chi connectivity index (χ4n) is 1.14. The number of hydrazone groups is 1. The summed E-state index contributed by atoms with van der Waals surface area (Å²) in [6.07, 6.45) is 0. The number of nitrogens with two attached hydrogens (primary N) is 1. The first-order valence-corrected chi connectivity index (χ1v) is 3.80. The SMILES string of the molecule is CC1C(=O)N(C)N=C(ON)C1C. The molecule has 0 aromatic carbocycles. The molecule has 5 heteroatoms. The number of carbonyl (C=O) groups is 1. The Morgan fingerprint density at radius 1 is 1.50 bits per heavy atom. The van der Waals surface area contributed by atoms with E-state index in [9.17, 15) is 4.79 Å². The van der Waals surface area contributed by atoms with Gasteiger partial charge in [0.25, 0.3) is 0 Å². The van der Waals surface area contributed by atoms with Crippen LogP contribution in [0.5, 0.6) is 0 Å². The van der Waals surface area contributed by atoms with Crippen LogP contribution in [-0.2, 0) is 9.63 Å². The third kappa shape index (κ3) is 1.27. The fourth-order valence-corrected chi connectivity index (χ4v) is 1.14. The van der Waals surface area contributed by atoms with Gasteiger partial charge in [0.05, 0.1) is 0 Å². The Balaban J connectivity index is 2.91. The van der Waals surface area contributed by atoms with E-state index in [1.54, 1.807) is 7.05 Å². The van der Waals surface area contributed by atoms with Crippen molar-refractivity contribution < 1.29 is 9.63 Å². The van der Waals surface area contributed by atoms with Crippen molar-refractivity contribution in [2.75, 3.05) is 7.05 Å². The van der Waals surface area contributed by atoms with Crippen molar-refractivity contribution in [3.05, 3.63) is 0 Å². The molecule has 2 atom stereocenters. The standard InChI is InChI=1S/C7H13N3O2/c1-4-5(2)7(11)10(3)9-6(4)12-8/h4-5H,8H2,1-3H3. The molecule has 12 heavy (non-hydrogen) atoms. The highest BCUT2D eigenvalue weighted by atomic mass is 16.6. The third-order valence-electron chi connectivity index (χ3n) is 2.22. The maximum atomic E-state index is 11.3. The topological polar surface area (TPSA) is 67.9 Å². The predicted octanol–water partition coefficient (Wildman–Crippen LogP) is -0.0656. The lowest BCUT2D eigenvalue weighted by molar-refractivity contribution is -0.136. The van der Waals surface area contributed by atoms with Crippen molar-refractivity contribution in [1.29, 1.82) is 0 Å². The highest BCUT2D eigenvalue weighted by Crippen LogP contribution is 2.20. The Morgan fingerprint density at radius 2 is 2.08 bits per heavy atom. The van der Waals surface area contributed by atoms with Gasteiger partial charge in [0.15, 0.2) is 0 Å². The molecular weight excluding hydrogens is 158 g/mol. The van der Waals surface area contributed by atoms with Crippen LogP contribution in [0.15, 0.2) is 5.10 Å². The van der Waals surface area contributed by atoms with Gasteiger partial charge in [-0.3, -0.25) is 4.79 Å². The van der Waals surface area contributed by atoms with Crippen molar-refractivity contribution in [3.8, 4) is 0 Å². The predicted molar refractivity (Wildman–Crippen MR) is 43.8 cm³/mol. The number of rotatable bonds is 0. The van der Waals surface area contributed by atoms with Gasteiger partial charge in [-0.15, -0.1) is 5.10 Å². The van der Waals surface area contributed by atoms with Crippen LogP contribution in [0.3, 0.4) is 0 Å². The summed E-state index contributed by atoms with van der Waals surface area (Å²) in [4.78, 5) is 15.9. The zero-order valence-electron chi connectivity index (χ0n) is 7.44. The van der Waals surface area contributed by atoms with Crippen LogP contribution in [0.4, 0.5) is 0 Å². The summed E-state index contributed by atoms with van der Waals surface area (Å²) in [7, 11) is 1.59. The molecule has 1 aliphatic heterocycles. The summed E-state index contributed by atoms with van der Waals surface area (Å²) >= 11 is 0. The Labute approximate surface area is 71.1 Å². The molecule has 1 heterocycles. The minimum Gasteiger partial charge on any atom is -0.394 e. The first kappa shape index (κ1) is 8.99. The van der Waals surface area contributed by atoms with Crippen LogP contribution in [0.1, 0.15) is 13.8 Å². The third-order valence-corrected chi connectivity index (χ3v) is 2.22. The van der Waals surface area contributed by atoms with Gasteiger partial charge in [-0.05, 0) is 0 Å². The van der Waals surface area contributed by atoms with E-state index in [2.05, 4.69) is 9.94 Å². The molecule has 0 saturated heterocycles. The molecule has 0 aromatic heterocycles. The van der Waals surface area contributed by atoms with E-state index in [1.807, 2.05) is 13.8 Å². The van der Waals surface area contributed by atoms with Crippen LogP contribution in [-0.4, -0.2) is 23.9 Å². The highest BCUT2D eigenvalue weighted by Gasteiger charge is 2.33. The molecule has 1 amide bonds. The maximum absolute atomic E-state index is 11.3. The number of nitrogens with zero attached hydrogens (tertiary/aromatic N) is 2. The van der Waals surface area contributed by atoms with E-state index >= 15 is 0 Å². The molecule has 0 aliphatic carbocycles. The molecule has 0 fully saturated rings. The minimum absolute atomic E-state index is 0.0108. The smallest absolute Gasteiger partial charge is 0.246 e. The molecular formula is C7H13N3O2. The summed E-state index contributed by atoms with van der Waals surface area (Å²) < 4.78 is 0. The van der Waals surface area contributed by atoms with Gasteiger partial charge >= 0.3 is 0 Å². The molecule has 1 rings (SSSR count). The van der Waals surface area contributed by atoms with Crippen molar-refractivity contribution in [3.63, 3.8) is 0 Å². The fraction of sp³-hybridized carbons (Fsp3) is 0.714. The zero-order chi connectivity index (χ0) is 9.30.